The lowest BCUT2D eigenvalue weighted by Crippen LogP contribution is -2.43. The van der Waals surface area contributed by atoms with Crippen LogP contribution in [-0.4, -0.2) is 30.4 Å². The molecular formula is C20H20FO7P. The molecule has 7 nitrogen and oxygen atoms in total. The standard InChI is InChI=1S/C20H20FO7P/c1-20(2)24-18-17-16(23-19(18)25-20)15(12-8-10-13(21)11-9-12)27-29(22,28-17)26-14-6-4-3-5-7-14/h3-11,15-19H,1-2H3/t15-,16+,17-,18+,19+,29+/m0/s1. The van der Waals surface area contributed by atoms with Crippen molar-refractivity contribution in [3.63, 3.8) is 0 Å². The molecule has 0 aromatic heterocycles. The van der Waals surface area contributed by atoms with Gasteiger partial charge < -0.3 is 18.7 Å². The molecule has 9 heteroatoms. The van der Waals surface area contributed by atoms with Gasteiger partial charge in [-0.05, 0) is 43.7 Å². The molecule has 3 heterocycles. The second-order valence-corrected chi connectivity index (χ2v) is 9.07. The molecule has 3 saturated heterocycles. The summed E-state index contributed by atoms with van der Waals surface area (Å²) in [6, 6.07) is 14.3. The van der Waals surface area contributed by atoms with Gasteiger partial charge in [0.25, 0.3) is 0 Å². The van der Waals surface area contributed by atoms with Crippen molar-refractivity contribution >= 4 is 7.82 Å². The Hall–Kier alpha value is -1.80. The first-order chi connectivity index (χ1) is 13.8. The van der Waals surface area contributed by atoms with E-state index in [1.54, 1.807) is 50.2 Å². The number of hydrogen-bond acceptors (Lipinski definition) is 7. The van der Waals surface area contributed by atoms with Gasteiger partial charge in [0.2, 0.25) is 0 Å². The topological polar surface area (TPSA) is 72.5 Å². The van der Waals surface area contributed by atoms with Crippen molar-refractivity contribution in [2.45, 2.75) is 50.3 Å². The van der Waals surface area contributed by atoms with Gasteiger partial charge in [-0.15, -0.1) is 0 Å². The van der Waals surface area contributed by atoms with E-state index in [2.05, 4.69) is 0 Å². The van der Waals surface area contributed by atoms with Crippen LogP contribution in [0.2, 0.25) is 0 Å². The minimum absolute atomic E-state index is 0.339. The summed E-state index contributed by atoms with van der Waals surface area (Å²) in [4.78, 5) is 0. The largest absolute Gasteiger partial charge is 0.531 e. The second kappa shape index (κ2) is 6.87. The molecule has 154 valence electrons. The van der Waals surface area contributed by atoms with E-state index in [-0.39, 0.29) is 0 Å². The van der Waals surface area contributed by atoms with Gasteiger partial charge in [0.15, 0.2) is 12.1 Å². The number of rotatable bonds is 3. The van der Waals surface area contributed by atoms with Gasteiger partial charge in [-0.25, -0.2) is 8.96 Å². The summed E-state index contributed by atoms with van der Waals surface area (Å²) in [5, 5.41) is 0. The van der Waals surface area contributed by atoms with Crippen LogP contribution < -0.4 is 4.52 Å². The summed E-state index contributed by atoms with van der Waals surface area (Å²) in [7, 11) is -4.04. The van der Waals surface area contributed by atoms with Crippen molar-refractivity contribution in [3.05, 3.63) is 66.0 Å². The van der Waals surface area contributed by atoms with E-state index in [4.69, 9.17) is 27.8 Å². The van der Waals surface area contributed by atoms with Gasteiger partial charge >= 0.3 is 7.82 Å². The van der Waals surface area contributed by atoms with Crippen molar-refractivity contribution in [2.75, 3.05) is 0 Å². The zero-order valence-electron chi connectivity index (χ0n) is 15.8. The van der Waals surface area contributed by atoms with Gasteiger partial charge in [-0.2, -0.15) is 0 Å². The smallest absolute Gasteiger partial charge is 0.404 e. The molecule has 0 unspecified atom stereocenters. The lowest BCUT2D eigenvalue weighted by Gasteiger charge is -2.38. The van der Waals surface area contributed by atoms with E-state index in [1.807, 2.05) is 6.07 Å². The molecule has 3 aliphatic heterocycles. The maximum absolute atomic E-state index is 13.5. The van der Waals surface area contributed by atoms with Crippen molar-refractivity contribution < 1.29 is 36.7 Å². The number of phosphoric ester groups is 1. The Labute approximate surface area is 167 Å². The Balaban J connectivity index is 1.49. The summed E-state index contributed by atoms with van der Waals surface area (Å²) >= 11 is 0. The molecule has 0 N–H and O–H groups in total. The summed E-state index contributed by atoms with van der Waals surface area (Å²) in [5.74, 6) is -0.914. The van der Waals surface area contributed by atoms with Crippen molar-refractivity contribution in [3.8, 4) is 5.75 Å². The van der Waals surface area contributed by atoms with Crippen LogP contribution in [0, 0.1) is 5.82 Å². The normalized spacial score (nSPS) is 37.7. The molecule has 2 aromatic carbocycles. The number of phosphoric acid groups is 1. The quantitative estimate of drug-likeness (QED) is 0.681. The fourth-order valence-corrected chi connectivity index (χ4v) is 5.37. The van der Waals surface area contributed by atoms with E-state index < -0.39 is 50.1 Å². The van der Waals surface area contributed by atoms with Crippen LogP contribution in [-0.2, 0) is 27.8 Å². The SMILES string of the molecule is CC1(C)O[C@H]2O[C@H]3[C@H](O[P@](=O)(Oc4ccccc4)O[C@H]3c3ccc(F)cc3)[C@H]2O1. The minimum atomic E-state index is -4.04. The van der Waals surface area contributed by atoms with Crippen LogP contribution >= 0.6 is 7.82 Å². The van der Waals surface area contributed by atoms with Gasteiger partial charge in [-0.1, -0.05) is 30.3 Å². The van der Waals surface area contributed by atoms with Crippen LogP contribution in [0.3, 0.4) is 0 Å². The molecule has 0 radical (unpaired) electrons. The molecule has 5 rings (SSSR count). The van der Waals surface area contributed by atoms with E-state index in [1.165, 1.54) is 12.1 Å². The van der Waals surface area contributed by atoms with Crippen LogP contribution in [0.15, 0.2) is 54.6 Å². The van der Waals surface area contributed by atoms with Crippen LogP contribution in [0.4, 0.5) is 4.39 Å². The fourth-order valence-electron chi connectivity index (χ4n) is 3.80. The monoisotopic (exact) mass is 422 g/mol. The Bertz CT molecular complexity index is 936. The Kier molecular flexibility index (Phi) is 4.55. The van der Waals surface area contributed by atoms with Gasteiger partial charge in [0.1, 0.15) is 36.0 Å². The maximum atomic E-state index is 13.5. The van der Waals surface area contributed by atoms with Crippen molar-refractivity contribution in [2.24, 2.45) is 0 Å². The number of halogens is 1. The average Bonchev–Trinajstić information content (AvgIpc) is 3.14. The third-order valence-electron chi connectivity index (χ3n) is 4.98. The number of fused-ring (bicyclic) bond motifs is 3. The minimum Gasteiger partial charge on any atom is -0.404 e. The highest BCUT2D eigenvalue weighted by Gasteiger charge is 2.63. The Morgan fingerprint density at radius 2 is 1.66 bits per heavy atom. The first kappa shape index (κ1) is 19.2. The van der Waals surface area contributed by atoms with Gasteiger partial charge in [-0.3, -0.25) is 9.05 Å². The van der Waals surface area contributed by atoms with Gasteiger partial charge in [0, 0.05) is 0 Å². The molecule has 2 aromatic rings. The molecule has 0 bridgehead atoms. The lowest BCUT2D eigenvalue weighted by molar-refractivity contribution is -0.231. The average molecular weight is 422 g/mol. The van der Waals surface area contributed by atoms with Crippen LogP contribution in [0.25, 0.3) is 0 Å². The van der Waals surface area contributed by atoms with Gasteiger partial charge in [0.05, 0.1) is 0 Å². The fraction of sp³-hybridized carbons (Fsp3) is 0.400. The molecule has 0 spiro atoms. The highest BCUT2D eigenvalue weighted by Crippen LogP contribution is 2.62. The number of benzene rings is 2. The van der Waals surface area contributed by atoms with Crippen LogP contribution in [0.1, 0.15) is 25.5 Å². The molecule has 0 amide bonds. The second-order valence-electron chi connectivity index (χ2n) is 7.57. The van der Waals surface area contributed by atoms with E-state index in [0.717, 1.165) is 0 Å². The highest BCUT2D eigenvalue weighted by atomic mass is 31.2. The lowest BCUT2D eigenvalue weighted by atomic mass is 9.99. The first-order valence-electron chi connectivity index (χ1n) is 9.30. The van der Waals surface area contributed by atoms with E-state index in [9.17, 15) is 8.96 Å². The zero-order chi connectivity index (χ0) is 20.2. The zero-order valence-corrected chi connectivity index (χ0v) is 16.7. The molecule has 29 heavy (non-hydrogen) atoms. The number of ether oxygens (including phenoxy) is 3. The molecular weight excluding hydrogens is 402 g/mol. The summed E-state index contributed by atoms with van der Waals surface area (Å²) in [6.07, 6.45) is -3.53. The molecule has 3 aliphatic rings. The predicted octanol–water partition coefficient (Wildman–Crippen LogP) is 4.35. The Morgan fingerprint density at radius 1 is 0.931 bits per heavy atom. The molecule has 0 aliphatic carbocycles. The summed E-state index contributed by atoms with van der Waals surface area (Å²) in [6.45, 7) is 3.53. The molecule has 0 saturated carbocycles. The van der Waals surface area contributed by atoms with Crippen molar-refractivity contribution in [1.29, 1.82) is 0 Å². The maximum Gasteiger partial charge on any atom is 0.531 e. The van der Waals surface area contributed by atoms with E-state index >= 15 is 0 Å². The predicted molar refractivity (Wildman–Crippen MR) is 98.5 cm³/mol. The summed E-state index contributed by atoms with van der Waals surface area (Å²) < 4.78 is 61.8. The summed E-state index contributed by atoms with van der Waals surface area (Å²) in [5.41, 5.74) is 0.584. The third kappa shape index (κ3) is 3.61. The molecule has 6 atom stereocenters. The Morgan fingerprint density at radius 3 is 2.38 bits per heavy atom. The number of para-hydroxylation sites is 1. The van der Waals surface area contributed by atoms with Crippen LogP contribution in [0.5, 0.6) is 5.75 Å². The molecule has 3 fully saturated rings. The third-order valence-corrected chi connectivity index (χ3v) is 6.40. The van der Waals surface area contributed by atoms with E-state index in [0.29, 0.717) is 11.3 Å². The highest BCUT2D eigenvalue weighted by molar-refractivity contribution is 7.49. The van der Waals surface area contributed by atoms with Crippen molar-refractivity contribution in [1.82, 2.24) is 0 Å². The first-order valence-corrected chi connectivity index (χ1v) is 10.8. The number of hydrogen-bond donors (Lipinski definition) is 0.